The van der Waals surface area contributed by atoms with Gasteiger partial charge < -0.3 is 4.42 Å². The van der Waals surface area contributed by atoms with Crippen LogP contribution in [0.15, 0.2) is 45.5 Å². The van der Waals surface area contributed by atoms with Crippen molar-refractivity contribution in [1.29, 1.82) is 0 Å². The highest BCUT2D eigenvalue weighted by atomic mass is 79.9. The quantitative estimate of drug-likeness (QED) is 0.652. The first kappa shape index (κ1) is 15.1. The fourth-order valence-electron chi connectivity index (χ4n) is 1.89. The van der Waals surface area contributed by atoms with Crippen molar-refractivity contribution >= 4 is 15.9 Å². The Labute approximate surface area is 122 Å². The third-order valence-corrected chi connectivity index (χ3v) is 3.51. The lowest BCUT2D eigenvalue weighted by molar-refractivity contribution is -0.137. The van der Waals surface area contributed by atoms with Crippen LogP contribution in [0, 0.1) is 0 Å². The van der Waals surface area contributed by atoms with Crippen molar-refractivity contribution in [1.82, 2.24) is 5.43 Å². The molecule has 0 radical (unpaired) electrons. The first-order valence-corrected chi connectivity index (χ1v) is 6.56. The highest BCUT2D eigenvalue weighted by Gasteiger charge is 2.30. The van der Waals surface area contributed by atoms with Crippen molar-refractivity contribution in [3.8, 4) is 0 Å². The fourth-order valence-corrected chi connectivity index (χ4v) is 2.37. The minimum atomic E-state index is -4.35. The van der Waals surface area contributed by atoms with Crippen LogP contribution in [0.1, 0.15) is 22.9 Å². The zero-order valence-corrected chi connectivity index (χ0v) is 11.8. The Morgan fingerprint density at radius 2 is 2.05 bits per heavy atom. The summed E-state index contributed by atoms with van der Waals surface area (Å²) in [7, 11) is 0. The van der Waals surface area contributed by atoms with Crippen LogP contribution in [0.25, 0.3) is 0 Å². The molecule has 0 amide bonds. The van der Waals surface area contributed by atoms with Gasteiger partial charge in [-0.15, -0.1) is 0 Å². The van der Waals surface area contributed by atoms with Crippen LogP contribution in [0.2, 0.25) is 0 Å². The third-order valence-electron chi connectivity index (χ3n) is 2.86. The molecule has 1 unspecified atom stereocenters. The molecule has 1 atom stereocenters. The molecule has 0 spiro atoms. The van der Waals surface area contributed by atoms with Gasteiger partial charge in [-0.05, 0) is 40.0 Å². The fraction of sp³-hybridized carbons (Fsp3) is 0.231. The average molecular weight is 349 g/mol. The van der Waals surface area contributed by atoms with Gasteiger partial charge in [0.1, 0.15) is 5.76 Å². The van der Waals surface area contributed by atoms with Gasteiger partial charge in [-0.25, -0.2) is 5.43 Å². The van der Waals surface area contributed by atoms with Gasteiger partial charge in [0.05, 0.1) is 22.3 Å². The van der Waals surface area contributed by atoms with Gasteiger partial charge in [0.15, 0.2) is 0 Å². The third kappa shape index (κ3) is 3.41. The van der Waals surface area contributed by atoms with E-state index in [1.54, 1.807) is 12.1 Å². The topological polar surface area (TPSA) is 51.2 Å². The number of halogens is 4. The van der Waals surface area contributed by atoms with Crippen molar-refractivity contribution in [2.75, 3.05) is 0 Å². The smallest absolute Gasteiger partial charge is 0.416 e. The van der Waals surface area contributed by atoms with Gasteiger partial charge >= 0.3 is 6.18 Å². The molecule has 2 rings (SSSR count). The summed E-state index contributed by atoms with van der Waals surface area (Å²) < 4.78 is 44.0. The van der Waals surface area contributed by atoms with Crippen LogP contribution in [0.3, 0.4) is 0 Å². The molecule has 0 aliphatic heterocycles. The molecule has 20 heavy (non-hydrogen) atoms. The number of nitrogens with two attached hydrogens (primary N) is 1. The number of benzene rings is 1. The van der Waals surface area contributed by atoms with E-state index in [1.807, 2.05) is 0 Å². The predicted octanol–water partition coefficient (Wildman–Crippen LogP) is 3.81. The highest BCUT2D eigenvalue weighted by molar-refractivity contribution is 9.10. The molecule has 0 aliphatic rings. The van der Waals surface area contributed by atoms with Crippen LogP contribution >= 0.6 is 15.9 Å². The molecule has 1 aromatic carbocycles. The van der Waals surface area contributed by atoms with Crippen LogP contribution in [0.4, 0.5) is 13.2 Å². The van der Waals surface area contributed by atoms with E-state index in [1.165, 1.54) is 12.3 Å². The van der Waals surface area contributed by atoms with Crippen molar-refractivity contribution in [2.45, 2.75) is 18.6 Å². The molecule has 2 aromatic rings. The summed E-state index contributed by atoms with van der Waals surface area (Å²) >= 11 is 3.30. The van der Waals surface area contributed by atoms with Crippen LogP contribution in [-0.4, -0.2) is 0 Å². The molecule has 0 saturated heterocycles. The maximum absolute atomic E-state index is 12.7. The van der Waals surface area contributed by atoms with E-state index in [0.29, 0.717) is 15.8 Å². The first-order valence-electron chi connectivity index (χ1n) is 5.77. The van der Waals surface area contributed by atoms with Gasteiger partial charge in [-0.3, -0.25) is 5.84 Å². The normalized spacial score (nSPS) is 13.4. The SMILES string of the molecule is NNC(Cc1cccc(C(F)(F)F)c1)c1occc1Br. The molecular weight excluding hydrogens is 337 g/mol. The van der Waals surface area contributed by atoms with Crippen LogP contribution < -0.4 is 11.3 Å². The van der Waals surface area contributed by atoms with E-state index < -0.39 is 17.8 Å². The second kappa shape index (κ2) is 5.99. The lowest BCUT2D eigenvalue weighted by atomic mass is 10.0. The molecule has 0 saturated carbocycles. The summed E-state index contributed by atoms with van der Waals surface area (Å²) in [6, 6.07) is 6.44. The van der Waals surface area contributed by atoms with Gasteiger partial charge in [-0.2, -0.15) is 13.2 Å². The number of alkyl halides is 3. The highest BCUT2D eigenvalue weighted by Crippen LogP contribution is 2.31. The molecular formula is C13H12BrF3N2O. The minimum absolute atomic E-state index is 0.284. The first-order chi connectivity index (χ1) is 9.41. The average Bonchev–Trinajstić information content (AvgIpc) is 2.81. The molecule has 1 aromatic heterocycles. The van der Waals surface area contributed by atoms with Gasteiger partial charge in [0, 0.05) is 0 Å². The lowest BCUT2D eigenvalue weighted by Gasteiger charge is -2.15. The summed E-state index contributed by atoms with van der Waals surface area (Å²) in [5, 5.41) is 0. The second-order valence-electron chi connectivity index (χ2n) is 4.25. The maximum atomic E-state index is 12.7. The van der Waals surface area contributed by atoms with E-state index in [-0.39, 0.29) is 6.42 Å². The van der Waals surface area contributed by atoms with E-state index in [0.717, 1.165) is 12.1 Å². The van der Waals surface area contributed by atoms with E-state index >= 15 is 0 Å². The Morgan fingerprint density at radius 3 is 2.60 bits per heavy atom. The molecule has 0 bridgehead atoms. The zero-order valence-electron chi connectivity index (χ0n) is 10.2. The Kier molecular flexibility index (Phi) is 4.52. The van der Waals surface area contributed by atoms with Crippen LogP contribution in [-0.2, 0) is 12.6 Å². The molecule has 0 fully saturated rings. The summed E-state index contributed by atoms with van der Waals surface area (Å²) in [5.41, 5.74) is 2.39. The van der Waals surface area contributed by atoms with Crippen molar-refractivity contribution < 1.29 is 17.6 Å². The maximum Gasteiger partial charge on any atom is 0.416 e. The predicted molar refractivity (Wildman–Crippen MR) is 71.6 cm³/mol. The number of nitrogens with one attached hydrogen (secondary N) is 1. The number of furan rings is 1. The van der Waals surface area contributed by atoms with Gasteiger partial charge in [0.2, 0.25) is 0 Å². The molecule has 1 heterocycles. The van der Waals surface area contributed by atoms with Crippen LogP contribution in [0.5, 0.6) is 0 Å². The summed E-state index contributed by atoms with van der Waals surface area (Å²) in [5.74, 6) is 6.00. The molecule has 7 heteroatoms. The molecule has 3 N–H and O–H groups in total. The molecule has 0 aliphatic carbocycles. The van der Waals surface area contributed by atoms with E-state index in [4.69, 9.17) is 10.3 Å². The number of rotatable bonds is 4. The molecule has 108 valence electrons. The van der Waals surface area contributed by atoms with Crippen molar-refractivity contribution in [3.63, 3.8) is 0 Å². The van der Waals surface area contributed by atoms with Gasteiger partial charge in [-0.1, -0.05) is 18.2 Å². The standard InChI is InChI=1S/C13H12BrF3N2O/c14-10-4-5-20-12(10)11(19-18)7-8-2-1-3-9(6-8)13(15,16)17/h1-6,11,19H,7,18H2. The molecule has 3 nitrogen and oxygen atoms in total. The van der Waals surface area contributed by atoms with E-state index in [2.05, 4.69) is 21.4 Å². The summed E-state index contributed by atoms with van der Waals surface area (Å²) in [4.78, 5) is 0. The zero-order chi connectivity index (χ0) is 14.8. The number of hydrazine groups is 1. The summed E-state index contributed by atoms with van der Waals surface area (Å²) in [6.07, 6.45) is -2.59. The Morgan fingerprint density at radius 1 is 1.30 bits per heavy atom. The lowest BCUT2D eigenvalue weighted by Crippen LogP contribution is -2.29. The Balaban J connectivity index is 2.23. The Bertz CT molecular complexity index is 583. The Hall–Kier alpha value is -1.31. The monoisotopic (exact) mass is 348 g/mol. The van der Waals surface area contributed by atoms with Gasteiger partial charge in [0.25, 0.3) is 0 Å². The number of hydrogen-bond donors (Lipinski definition) is 2. The van der Waals surface area contributed by atoms with Crippen molar-refractivity contribution in [2.24, 2.45) is 5.84 Å². The number of hydrogen-bond acceptors (Lipinski definition) is 3. The largest absolute Gasteiger partial charge is 0.466 e. The second-order valence-corrected chi connectivity index (χ2v) is 5.11. The van der Waals surface area contributed by atoms with E-state index in [9.17, 15) is 13.2 Å². The summed E-state index contributed by atoms with van der Waals surface area (Å²) in [6.45, 7) is 0. The van der Waals surface area contributed by atoms with Crippen molar-refractivity contribution in [3.05, 3.63) is 58.0 Å². The minimum Gasteiger partial charge on any atom is -0.466 e.